The number of halogens is 3. The molecule has 19 heavy (non-hydrogen) atoms. The second kappa shape index (κ2) is 4.10. The summed E-state index contributed by atoms with van der Waals surface area (Å²) >= 11 is 0. The maximum atomic E-state index is 12.6. The normalized spacial score (nSPS) is 22.1. The van der Waals surface area contributed by atoms with Crippen LogP contribution in [-0.2, 0) is 12.6 Å². The van der Waals surface area contributed by atoms with Crippen molar-refractivity contribution in [2.24, 2.45) is 11.3 Å². The standard InChI is InChI=1S/C13H15F3N2O/c14-13(15,16)10-2-9(11(19)18-5-10)1-8-3-12(4-8)6-17-7-12/h2,5,8,17H,1,3-4,6-7H2,(H,18,19). The second-order valence-corrected chi connectivity index (χ2v) is 5.82. The van der Waals surface area contributed by atoms with E-state index in [9.17, 15) is 18.0 Å². The van der Waals surface area contributed by atoms with Crippen molar-refractivity contribution in [1.29, 1.82) is 0 Å². The molecule has 3 nitrogen and oxygen atoms in total. The van der Waals surface area contributed by atoms with Crippen LogP contribution in [0.2, 0.25) is 0 Å². The molecule has 0 atom stereocenters. The molecule has 104 valence electrons. The van der Waals surface area contributed by atoms with E-state index in [1.165, 1.54) is 0 Å². The molecule has 2 fully saturated rings. The number of aromatic nitrogens is 1. The molecule has 0 aromatic carbocycles. The molecule has 0 radical (unpaired) electrons. The van der Waals surface area contributed by atoms with Gasteiger partial charge in [-0.05, 0) is 36.7 Å². The zero-order chi connectivity index (χ0) is 13.7. The highest BCUT2D eigenvalue weighted by atomic mass is 19.4. The smallest absolute Gasteiger partial charge is 0.328 e. The van der Waals surface area contributed by atoms with E-state index in [0.717, 1.165) is 38.2 Å². The van der Waals surface area contributed by atoms with Gasteiger partial charge < -0.3 is 10.3 Å². The fourth-order valence-electron chi connectivity index (χ4n) is 3.23. The van der Waals surface area contributed by atoms with E-state index in [1.54, 1.807) is 0 Å². The molecule has 1 aliphatic carbocycles. The summed E-state index contributed by atoms with van der Waals surface area (Å²) in [6, 6.07) is 0.989. The maximum absolute atomic E-state index is 12.6. The number of hydrogen-bond donors (Lipinski definition) is 2. The average Bonchev–Trinajstić information content (AvgIpc) is 2.20. The van der Waals surface area contributed by atoms with Crippen LogP contribution in [0.15, 0.2) is 17.1 Å². The Morgan fingerprint density at radius 1 is 1.32 bits per heavy atom. The quantitative estimate of drug-likeness (QED) is 0.864. The van der Waals surface area contributed by atoms with Crippen molar-refractivity contribution in [1.82, 2.24) is 10.3 Å². The van der Waals surface area contributed by atoms with Gasteiger partial charge in [0.05, 0.1) is 5.56 Å². The summed E-state index contributed by atoms with van der Waals surface area (Å²) in [4.78, 5) is 13.8. The van der Waals surface area contributed by atoms with Crippen molar-refractivity contribution >= 4 is 0 Å². The molecule has 2 heterocycles. The molecule has 1 aliphatic heterocycles. The van der Waals surface area contributed by atoms with Crippen molar-refractivity contribution in [3.05, 3.63) is 33.7 Å². The molecule has 1 saturated carbocycles. The van der Waals surface area contributed by atoms with Gasteiger partial charge in [-0.2, -0.15) is 13.2 Å². The Morgan fingerprint density at radius 2 is 2.00 bits per heavy atom. The lowest BCUT2D eigenvalue weighted by Gasteiger charge is -2.54. The fraction of sp³-hybridized carbons (Fsp3) is 0.615. The van der Waals surface area contributed by atoms with E-state index >= 15 is 0 Å². The van der Waals surface area contributed by atoms with E-state index in [2.05, 4.69) is 10.3 Å². The Kier molecular flexibility index (Phi) is 2.74. The summed E-state index contributed by atoms with van der Waals surface area (Å²) in [5, 5.41) is 3.21. The van der Waals surface area contributed by atoms with Gasteiger partial charge in [0.15, 0.2) is 0 Å². The number of aromatic amines is 1. The number of pyridine rings is 1. The lowest BCUT2D eigenvalue weighted by atomic mass is 9.57. The number of hydrogen-bond acceptors (Lipinski definition) is 2. The SMILES string of the molecule is O=c1[nH]cc(C(F)(F)F)cc1CC1CC2(CNC2)C1. The molecule has 2 aliphatic rings. The van der Waals surface area contributed by atoms with Crippen molar-refractivity contribution in [3.63, 3.8) is 0 Å². The Hall–Kier alpha value is -1.30. The van der Waals surface area contributed by atoms with Crippen molar-refractivity contribution in [2.45, 2.75) is 25.4 Å². The van der Waals surface area contributed by atoms with Gasteiger partial charge in [-0.25, -0.2) is 0 Å². The van der Waals surface area contributed by atoms with Gasteiger partial charge in [0.1, 0.15) is 0 Å². The van der Waals surface area contributed by atoms with Crippen molar-refractivity contribution < 1.29 is 13.2 Å². The highest BCUT2D eigenvalue weighted by Gasteiger charge is 2.48. The third-order valence-electron chi connectivity index (χ3n) is 4.26. The summed E-state index contributed by atoms with van der Waals surface area (Å²) in [6.07, 6.45) is -1.20. The minimum atomic E-state index is -4.41. The summed E-state index contributed by atoms with van der Waals surface area (Å²) in [7, 11) is 0. The van der Waals surface area contributed by atoms with Gasteiger partial charge in [-0.3, -0.25) is 4.79 Å². The Labute approximate surface area is 108 Å². The first-order valence-electron chi connectivity index (χ1n) is 6.38. The van der Waals surface area contributed by atoms with E-state index < -0.39 is 17.3 Å². The number of alkyl halides is 3. The van der Waals surface area contributed by atoms with Gasteiger partial charge in [-0.1, -0.05) is 0 Å². The van der Waals surface area contributed by atoms with Crippen molar-refractivity contribution in [2.75, 3.05) is 13.1 Å². The number of H-pyrrole nitrogens is 1. The predicted molar refractivity (Wildman–Crippen MR) is 63.8 cm³/mol. The summed E-state index contributed by atoms with van der Waals surface area (Å²) in [6.45, 7) is 2.00. The monoisotopic (exact) mass is 272 g/mol. The van der Waals surface area contributed by atoms with Crippen LogP contribution < -0.4 is 10.9 Å². The molecule has 0 bridgehead atoms. The summed E-state index contributed by atoms with van der Waals surface area (Å²) in [5.41, 5.74) is -0.553. The van der Waals surface area contributed by atoms with Crippen LogP contribution in [0.3, 0.4) is 0 Å². The topological polar surface area (TPSA) is 44.9 Å². The molecule has 6 heteroatoms. The number of rotatable bonds is 2. The van der Waals surface area contributed by atoms with Crippen LogP contribution in [0.25, 0.3) is 0 Å². The van der Waals surface area contributed by atoms with E-state index in [0.29, 0.717) is 17.8 Å². The molecule has 0 unspecified atom stereocenters. The Morgan fingerprint density at radius 3 is 2.53 bits per heavy atom. The zero-order valence-electron chi connectivity index (χ0n) is 10.3. The van der Waals surface area contributed by atoms with E-state index in [-0.39, 0.29) is 5.56 Å². The first-order valence-corrected chi connectivity index (χ1v) is 6.38. The Bertz CT molecular complexity index is 538. The largest absolute Gasteiger partial charge is 0.417 e. The van der Waals surface area contributed by atoms with Crippen LogP contribution in [-0.4, -0.2) is 18.1 Å². The predicted octanol–water partition coefficient (Wildman–Crippen LogP) is 1.94. The third kappa shape index (κ3) is 2.29. The lowest BCUT2D eigenvalue weighted by molar-refractivity contribution is -0.137. The van der Waals surface area contributed by atoms with Gasteiger partial charge in [0.25, 0.3) is 5.56 Å². The van der Waals surface area contributed by atoms with Crippen LogP contribution in [0.5, 0.6) is 0 Å². The van der Waals surface area contributed by atoms with E-state index in [4.69, 9.17) is 0 Å². The zero-order valence-corrected chi connectivity index (χ0v) is 10.3. The number of nitrogens with one attached hydrogen (secondary N) is 2. The second-order valence-electron chi connectivity index (χ2n) is 5.82. The molecular weight excluding hydrogens is 257 g/mol. The van der Waals surface area contributed by atoms with Gasteiger partial charge in [0, 0.05) is 24.8 Å². The molecule has 1 aromatic heterocycles. The molecule has 2 N–H and O–H groups in total. The Balaban J connectivity index is 1.72. The van der Waals surface area contributed by atoms with Crippen LogP contribution in [0, 0.1) is 11.3 Å². The lowest BCUT2D eigenvalue weighted by Crippen LogP contribution is -2.60. The van der Waals surface area contributed by atoms with Crippen LogP contribution >= 0.6 is 0 Å². The molecule has 0 amide bonds. The summed E-state index contributed by atoms with van der Waals surface area (Å²) in [5.74, 6) is 0.340. The first-order chi connectivity index (χ1) is 8.88. The highest BCUT2D eigenvalue weighted by molar-refractivity contribution is 5.22. The van der Waals surface area contributed by atoms with Gasteiger partial charge >= 0.3 is 6.18 Å². The van der Waals surface area contributed by atoms with Gasteiger partial charge in [-0.15, -0.1) is 0 Å². The minimum Gasteiger partial charge on any atom is -0.328 e. The molecule has 1 spiro atoms. The van der Waals surface area contributed by atoms with Gasteiger partial charge in [0.2, 0.25) is 0 Å². The summed E-state index contributed by atoms with van der Waals surface area (Å²) < 4.78 is 37.8. The minimum absolute atomic E-state index is 0.252. The van der Waals surface area contributed by atoms with E-state index in [1.807, 2.05) is 0 Å². The fourth-order valence-corrected chi connectivity index (χ4v) is 3.23. The van der Waals surface area contributed by atoms with Crippen LogP contribution in [0.1, 0.15) is 24.0 Å². The average molecular weight is 272 g/mol. The molecule has 3 rings (SSSR count). The van der Waals surface area contributed by atoms with Crippen molar-refractivity contribution in [3.8, 4) is 0 Å². The molecule has 1 aromatic rings. The first kappa shape index (κ1) is 12.7. The molecule has 1 saturated heterocycles. The maximum Gasteiger partial charge on any atom is 0.417 e. The van der Waals surface area contributed by atoms with Crippen LogP contribution in [0.4, 0.5) is 13.2 Å². The molecular formula is C13H15F3N2O. The highest BCUT2D eigenvalue weighted by Crippen LogP contribution is 2.49. The third-order valence-corrected chi connectivity index (χ3v) is 4.26.